The summed E-state index contributed by atoms with van der Waals surface area (Å²) < 4.78 is 18.7. The molecule has 2 N–H and O–H groups in total. The average Bonchev–Trinajstić information content (AvgIpc) is 2.95. The van der Waals surface area contributed by atoms with Crippen LogP contribution in [0.25, 0.3) is 0 Å². The van der Waals surface area contributed by atoms with Crippen molar-refractivity contribution in [2.24, 2.45) is 0 Å². The Labute approximate surface area is 167 Å². The number of halogens is 1. The molecule has 1 fully saturated rings. The summed E-state index contributed by atoms with van der Waals surface area (Å²) in [5.74, 6) is -1.03. The lowest BCUT2D eigenvalue weighted by Crippen LogP contribution is -2.44. The van der Waals surface area contributed by atoms with Crippen LogP contribution in [-0.2, 0) is 15.1 Å². The van der Waals surface area contributed by atoms with Gasteiger partial charge in [0.2, 0.25) is 5.91 Å². The molecule has 29 heavy (non-hydrogen) atoms. The predicted molar refractivity (Wildman–Crippen MR) is 105 cm³/mol. The number of rotatable bonds is 7. The van der Waals surface area contributed by atoms with E-state index >= 15 is 0 Å². The molecule has 0 spiro atoms. The summed E-state index contributed by atoms with van der Waals surface area (Å²) in [5, 5.41) is 5.33. The van der Waals surface area contributed by atoms with Gasteiger partial charge in [-0.25, -0.2) is 9.18 Å². The lowest BCUT2D eigenvalue weighted by atomic mass is 9.87. The minimum Gasteiger partial charge on any atom is -0.492 e. The maximum absolute atomic E-state index is 13.3. The monoisotopic (exact) mass is 399 g/mol. The molecule has 0 bridgehead atoms. The molecule has 1 atom stereocenters. The Kier molecular flexibility index (Phi) is 5.81. The van der Waals surface area contributed by atoms with Crippen LogP contribution in [0.5, 0.6) is 5.75 Å². The Morgan fingerprint density at radius 3 is 2.48 bits per heavy atom. The van der Waals surface area contributed by atoms with Crippen molar-refractivity contribution in [3.05, 3.63) is 59.9 Å². The van der Waals surface area contributed by atoms with Gasteiger partial charge in [-0.15, -0.1) is 0 Å². The number of para-hydroxylation sites is 2. The first kappa shape index (κ1) is 20.3. The van der Waals surface area contributed by atoms with Crippen LogP contribution in [-0.4, -0.2) is 35.9 Å². The van der Waals surface area contributed by atoms with Crippen LogP contribution >= 0.6 is 0 Å². The molecule has 8 heteroatoms. The van der Waals surface area contributed by atoms with Crippen LogP contribution in [0.4, 0.5) is 14.9 Å². The minimum atomic E-state index is -1.33. The van der Waals surface area contributed by atoms with Gasteiger partial charge < -0.3 is 15.4 Å². The summed E-state index contributed by atoms with van der Waals surface area (Å²) in [6.45, 7) is 3.54. The van der Waals surface area contributed by atoms with Crippen molar-refractivity contribution < 1.29 is 23.5 Å². The zero-order valence-electron chi connectivity index (χ0n) is 16.2. The number of nitrogens with zero attached hydrogens (tertiary/aromatic N) is 1. The van der Waals surface area contributed by atoms with E-state index in [4.69, 9.17) is 4.74 Å². The second kappa shape index (κ2) is 8.30. The second-order valence-corrected chi connectivity index (χ2v) is 6.56. The number of carbonyl (C=O) groups excluding carboxylic acids is 3. The van der Waals surface area contributed by atoms with E-state index in [9.17, 15) is 18.8 Å². The lowest BCUT2D eigenvalue weighted by molar-refractivity contribution is -0.134. The fourth-order valence-corrected chi connectivity index (χ4v) is 3.33. The van der Waals surface area contributed by atoms with Gasteiger partial charge in [0.05, 0.1) is 12.3 Å². The molecule has 2 aromatic rings. The van der Waals surface area contributed by atoms with Gasteiger partial charge in [-0.1, -0.05) is 31.2 Å². The highest BCUT2D eigenvalue weighted by Crippen LogP contribution is 2.32. The Balaban J connectivity index is 1.78. The number of ether oxygens (including phenoxy) is 1. The molecular weight excluding hydrogens is 377 g/mol. The molecule has 0 radical (unpaired) electrons. The summed E-state index contributed by atoms with van der Waals surface area (Å²) in [7, 11) is 0. The Morgan fingerprint density at radius 2 is 1.83 bits per heavy atom. The molecule has 0 saturated carbocycles. The molecule has 1 aliphatic heterocycles. The maximum atomic E-state index is 13.3. The van der Waals surface area contributed by atoms with Crippen LogP contribution in [0.2, 0.25) is 0 Å². The van der Waals surface area contributed by atoms with E-state index in [0.717, 1.165) is 4.90 Å². The molecule has 1 aliphatic rings. The number of anilines is 1. The molecule has 0 unspecified atom stereocenters. The molecule has 2 aromatic carbocycles. The largest absolute Gasteiger partial charge is 0.492 e. The summed E-state index contributed by atoms with van der Waals surface area (Å²) in [4.78, 5) is 38.9. The van der Waals surface area contributed by atoms with Gasteiger partial charge in [0, 0.05) is 0 Å². The number of imide groups is 1. The summed E-state index contributed by atoms with van der Waals surface area (Å²) in [6, 6.07) is 11.6. The smallest absolute Gasteiger partial charge is 0.325 e. The second-order valence-electron chi connectivity index (χ2n) is 6.56. The molecular formula is C21H22FN3O4. The zero-order chi connectivity index (χ0) is 21.0. The SMILES string of the molecule is CCOc1ccccc1NC(=O)CN1C(=O)N[C@@](CC)(c2ccc(F)cc2)C1=O. The zero-order valence-corrected chi connectivity index (χ0v) is 16.2. The third-order valence-corrected chi connectivity index (χ3v) is 4.81. The van der Waals surface area contributed by atoms with Gasteiger partial charge in [-0.2, -0.15) is 0 Å². The van der Waals surface area contributed by atoms with Crippen LogP contribution in [0.1, 0.15) is 25.8 Å². The van der Waals surface area contributed by atoms with E-state index < -0.39 is 35.7 Å². The van der Waals surface area contributed by atoms with Crippen molar-refractivity contribution in [1.29, 1.82) is 0 Å². The number of amides is 4. The van der Waals surface area contributed by atoms with Crippen molar-refractivity contribution in [2.45, 2.75) is 25.8 Å². The minimum absolute atomic E-state index is 0.258. The molecule has 1 heterocycles. The third-order valence-electron chi connectivity index (χ3n) is 4.81. The van der Waals surface area contributed by atoms with Crippen molar-refractivity contribution in [1.82, 2.24) is 10.2 Å². The normalized spacial score (nSPS) is 18.5. The van der Waals surface area contributed by atoms with Crippen LogP contribution in [0.15, 0.2) is 48.5 Å². The third kappa shape index (κ3) is 3.91. The summed E-state index contributed by atoms with van der Waals surface area (Å²) >= 11 is 0. The fraction of sp³-hybridized carbons (Fsp3) is 0.286. The predicted octanol–water partition coefficient (Wildman–Crippen LogP) is 3.02. The van der Waals surface area contributed by atoms with Gasteiger partial charge >= 0.3 is 6.03 Å². The van der Waals surface area contributed by atoms with Crippen LogP contribution in [0, 0.1) is 5.82 Å². The fourth-order valence-electron chi connectivity index (χ4n) is 3.33. The molecule has 0 aliphatic carbocycles. The number of carbonyl (C=O) groups is 3. The van der Waals surface area contributed by atoms with Gasteiger partial charge in [0.1, 0.15) is 23.7 Å². The van der Waals surface area contributed by atoms with Crippen molar-refractivity contribution in [2.75, 3.05) is 18.5 Å². The number of urea groups is 1. The van der Waals surface area contributed by atoms with Crippen molar-refractivity contribution in [3.8, 4) is 5.75 Å². The Bertz CT molecular complexity index is 932. The van der Waals surface area contributed by atoms with Gasteiger partial charge in [0.15, 0.2) is 0 Å². The van der Waals surface area contributed by atoms with E-state index in [2.05, 4.69) is 10.6 Å². The summed E-state index contributed by atoms with van der Waals surface area (Å²) in [6.07, 6.45) is 0.258. The highest BCUT2D eigenvalue weighted by atomic mass is 19.1. The van der Waals surface area contributed by atoms with E-state index in [1.807, 2.05) is 6.92 Å². The Hall–Kier alpha value is -3.42. The molecule has 1 saturated heterocycles. The number of hydrogen-bond donors (Lipinski definition) is 2. The first-order valence-corrected chi connectivity index (χ1v) is 9.33. The lowest BCUT2D eigenvalue weighted by Gasteiger charge is -2.25. The molecule has 7 nitrogen and oxygen atoms in total. The molecule has 152 valence electrons. The van der Waals surface area contributed by atoms with Crippen LogP contribution < -0.4 is 15.4 Å². The van der Waals surface area contributed by atoms with Gasteiger partial charge in [0.25, 0.3) is 5.91 Å². The van der Waals surface area contributed by atoms with Gasteiger partial charge in [-0.05, 0) is 43.2 Å². The van der Waals surface area contributed by atoms with Crippen molar-refractivity contribution in [3.63, 3.8) is 0 Å². The number of benzene rings is 2. The molecule has 3 rings (SSSR count). The van der Waals surface area contributed by atoms with E-state index in [-0.39, 0.29) is 6.42 Å². The summed E-state index contributed by atoms with van der Waals surface area (Å²) in [5.41, 5.74) is -0.412. The van der Waals surface area contributed by atoms with Crippen molar-refractivity contribution >= 4 is 23.5 Å². The first-order valence-electron chi connectivity index (χ1n) is 9.33. The van der Waals surface area contributed by atoms with Crippen LogP contribution in [0.3, 0.4) is 0 Å². The maximum Gasteiger partial charge on any atom is 0.325 e. The van der Waals surface area contributed by atoms with Gasteiger partial charge in [-0.3, -0.25) is 14.5 Å². The first-order chi connectivity index (χ1) is 13.9. The van der Waals surface area contributed by atoms with E-state index in [0.29, 0.717) is 23.6 Å². The van der Waals surface area contributed by atoms with E-state index in [1.54, 1.807) is 31.2 Å². The molecule has 4 amide bonds. The average molecular weight is 399 g/mol. The quantitative estimate of drug-likeness (QED) is 0.701. The topological polar surface area (TPSA) is 87.7 Å². The highest BCUT2D eigenvalue weighted by Gasteiger charge is 2.51. The number of nitrogens with one attached hydrogen (secondary N) is 2. The highest BCUT2D eigenvalue weighted by molar-refractivity contribution is 6.10. The standard InChI is InChI=1S/C21H22FN3O4/c1-3-21(14-9-11-15(22)12-10-14)19(27)25(20(28)24-21)13-18(26)23-16-7-5-6-8-17(16)29-4-2/h5-12H,3-4,13H2,1-2H3,(H,23,26)(H,24,28)/t21-/m0/s1. The number of hydrogen-bond acceptors (Lipinski definition) is 4. The molecule has 0 aromatic heterocycles. The Morgan fingerprint density at radius 1 is 1.14 bits per heavy atom. The van der Waals surface area contributed by atoms with E-state index in [1.165, 1.54) is 24.3 Å².